The fourth-order valence-corrected chi connectivity index (χ4v) is 2.53. The van der Waals surface area contributed by atoms with Gasteiger partial charge in [-0.15, -0.1) is 11.3 Å². The highest BCUT2D eigenvalue weighted by molar-refractivity contribution is 7.10. The molecule has 0 aliphatic carbocycles. The summed E-state index contributed by atoms with van der Waals surface area (Å²) in [5.41, 5.74) is 7.89. The van der Waals surface area contributed by atoms with Gasteiger partial charge in [0.15, 0.2) is 5.78 Å². The molecular formula is C15H17NOS. The Morgan fingerprint density at radius 1 is 1.17 bits per heavy atom. The first kappa shape index (κ1) is 13.0. The summed E-state index contributed by atoms with van der Waals surface area (Å²) in [5.74, 6) is 0.452. The van der Waals surface area contributed by atoms with Crippen LogP contribution in [0, 0.1) is 0 Å². The molecule has 1 aromatic carbocycles. The summed E-state index contributed by atoms with van der Waals surface area (Å²) in [6.07, 6.45) is 0. The first-order chi connectivity index (χ1) is 8.59. The van der Waals surface area contributed by atoms with E-state index in [1.807, 2.05) is 41.8 Å². The molecule has 2 nitrogen and oxygen atoms in total. The monoisotopic (exact) mass is 259 g/mol. The Morgan fingerprint density at radius 2 is 1.83 bits per heavy atom. The van der Waals surface area contributed by atoms with Gasteiger partial charge >= 0.3 is 0 Å². The highest BCUT2D eigenvalue weighted by Crippen LogP contribution is 2.22. The lowest BCUT2D eigenvalue weighted by atomic mass is 9.98. The molecule has 0 bridgehead atoms. The van der Waals surface area contributed by atoms with Crippen LogP contribution in [0.3, 0.4) is 0 Å². The first-order valence-electron chi connectivity index (χ1n) is 6.02. The van der Waals surface area contributed by atoms with Gasteiger partial charge in [-0.1, -0.05) is 44.2 Å². The van der Waals surface area contributed by atoms with Gasteiger partial charge in [-0.05, 0) is 22.9 Å². The number of carbonyl (C=O) groups excluding carboxylic acids is 1. The number of nitrogens with two attached hydrogens (primary N) is 1. The first-order valence-corrected chi connectivity index (χ1v) is 6.90. The molecule has 94 valence electrons. The molecule has 0 fully saturated rings. The summed E-state index contributed by atoms with van der Waals surface area (Å²) in [4.78, 5) is 13.1. The lowest BCUT2D eigenvalue weighted by Gasteiger charge is -2.10. The molecule has 0 amide bonds. The van der Waals surface area contributed by atoms with Crippen molar-refractivity contribution in [1.82, 2.24) is 0 Å². The number of hydrogen-bond donors (Lipinski definition) is 1. The number of hydrogen-bond acceptors (Lipinski definition) is 3. The quantitative estimate of drug-likeness (QED) is 0.850. The van der Waals surface area contributed by atoms with Gasteiger partial charge in [-0.2, -0.15) is 0 Å². The average Bonchev–Trinajstić information content (AvgIpc) is 2.91. The van der Waals surface area contributed by atoms with Crippen molar-refractivity contribution in [2.75, 3.05) is 0 Å². The zero-order valence-electron chi connectivity index (χ0n) is 10.6. The molecule has 1 unspecified atom stereocenters. The third-order valence-electron chi connectivity index (χ3n) is 2.99. The lowest BCUT2D eigenvalue weighted by molar-refractivity contribution is 0.0962. The lowest BCUT2D eigenvalue weighted by Crippen LogP contribution is -2.20. The smallest absolute Gasteiger partial charge is 0.184 e. The molecule has 3 heteroatoms. The van der Waals surface area contributed by atoms with E-state index in [0.29, 0.717) is 11.5 Å². The van der Waals surface area contributed by atoms with Crippen molar-refractivity contribution in [2.24, 2.45) is 5.73 Å². The molecule has 2 aromatic rings. The van der Waals surface area contributed by atoms with Crippen LogP contribution in [0.4, 0.5) is 0 Å². The highest BCUT2D eigenvalue weighted by Gasteiger charge is 2.18. The largest absolute Gasteiger partial charge is 0.317 e. The minimum atomic E-state index is -0.546. The van der Waals surface area contributed by atoms with Crippen LogP contribution in [0.5, 0.6) is 0 Å². The van der Waals surface area contributed by atoms with Crippen molar-refractivity contribution in [3.8, 4) is 0 Å². The maximum atomic E-state index is 12.2. The van der Waals surface area contributed by atoms with E-state index in [1.54, 1.807) is 0 Å². The Hall–Kier alpha value is -1.45. The van der Waals surface area contributed by atoms with Crippen molar-refractivity contribution < 1.29 is 4.79 Å². The van der Waals surface area contributed by atoms with Gasteiger partial charge in [0.1, 0.15) is 6.04 Å². The third kappa shape index (κ3) is 2.68. The zero-order chi connectivity index (χ0) is 13.1. The molecule has 2 rings (SSSR count). The molecule has 1 atom stereocenters. The second-order valence-electron chi connectivity index (χ2n) is 4.63. The van der Waals surface area contributed by atoms with Gasteiger partial charge in [0.25, 0.3) is 0 Å². The summed E-state index contributed by atoms with van der Waals surface area (Å²) in [6.45, 7) is 4.27. The van der Waals surface area contributed by atoms with E-state index in [2.05, 4.69) is 13.8 Å². The molecule has 18 heavy (non-hydrogen) atoms. The Balaban J connectivity index is 2.19. The summed E-state index contributed by atoms with van der Waals surface area (Å²) in [6, 6.07) is 11.0. The average molecular weight is 259 g/mol. The molecule has 1 heterocycles. The molecule has 0 saturated heterocycles. The number of carbonyl (C=O) groups is 1. The Kier molecular flexibility index (Phi) is 3.94. The molecule has 0 spiro atoms. The molecule has 0 saturated carbocycles. The number of rotatable bonds is 4. The van der Waals surface area contributed by atoms with Crippen molar-refractivity contribution in [1.29, 1.82) is 0 Å². The minimum Gasteiger partial charge on any atom is -0.317 e. The maximum Gasteiger partial charge on any atom is 0.184 e. The van der Waals surface area contributed by atoms with Crippen LogP contribution in [0.2, 0.25) is 0 Å². The van der Waals surface area contributed by atoms with Crippen LogP contribution in [-0.4, -0.2) is 5.78 Å². The van der Waals surface area contributed by atoms with Crippen LogP contribution in [0.15, 0.2) is 41.8 Å². The molecular weight excluding hydrogens is 242 g/mol. The molecule has 0 aliphatic heterocycles. The summed E-state index contributed by atoms with van der Waals surface area (Å²) in [7, 11) is 0. The summed E-state index contributed by atoms with van der Waals surface area (Å²) in [5, 5.41) is 1.93. The predicted molar refractivity (Wildman–Crippen MR) is 76.1 cm³/mol. The number of benzene rings is 1. The Bertz CT molecular complexity index is 514. The van der Waals surface area contributed by atoms with Crippen LogP contribution in [-0.2, 0) is 0 Å². The van der Waals surface area contributed by atoms with Gasteiger partial charge < -0.3 is 5.73 Å². The predicted octanol–water partition coefficient (Wildman–Crippen LogP) is 3.75. The Labute approximate surface area is 111 Å². The molecule has 0 radical (unpaired) electrons. The van der Waals surface area contributed by atoms with Crippen LogP contribution in [0.1, 0.15) is 46.6 Å². The Morgan fingerprint density at radius 3 is 2.33 bits per heavy atom. The van der Waals surface area contributed by atoms with Gasteiger partial charge in [0.2, 0.25) is 0 Å². The van der Waals surface area contributed by atoms with Crippen LogP contribution in [0.25, 0.3) is 0 Å². The van der Waals surface area contributed by atoms with E-state index in [9.17, 15) is 4.79 Å². The van der Waals surface area contributed by atoms with E-state index < -0.39 is 6.04 Å². The molecule has 1 aromatic heterocycles. The van der Waals surface area contributed by atoms with E-state index in [1.165, 1.54) is 16.9 Å². The standard InChI is InChI=1S/C15H17NOS/c1-10(2)11-5-7-12(8-6-11)15(17)14(16)13-4-3-9-18-13/h3-10,14H,16H2,1-2H3. The number of ketones is 1. The molecule has 0 aliphatic rings. The van der Waals surface area contributed by atoms with E-state index in [-0.39, 0.29) is 5.78 Å². The second kappa shape index (κ2) is 5.46. The van der Waals surface area contributed by atoms with E-state index in [4.69, 9.17) is 5.73 Å². The summed E-state index contributed by atoms with van der Waals surface area (Å²) < 4.78 is 0. The number of Topliss-reactive ketones (excluding diaryl/α,β-unsaturated/α-hetero) is 1. The van der Waals surface area contributed by atoms with E-state index >= 15 is 0 Å². The van der Waals surface area contributed by atoms with Crippen LogP contribution < -0.4 is 5.73 Å². The number of thiophene rings is 1. The van der Waals surface area contributed by atoms with Crippen molar-refractivity contribution in [2.45, 2.75) is 25.8 Å². The third-order valence-corrected chi connectivity index (χ3v) is 3.95. The van der Waals surface area contributed by atoms with Crippen molar-refractivity contribution in [3.63, 3.8) is 0 Å². The van der Waals surface area contributed by atoms with Crippen LogP contribution >= 0.6 is 11.3 Å². The van der Waals surface area contributed by atoms with Crippen molar-refractivity contribution in [3.05, 3.63) is 57.8 Å². The van der Waals surface area contributed by atoms with Gasteiger partial charge in [0, 0.05) is 10.4 Å². The fourth-order valence-electron chi connectivity index (χ4n) is 1.81. The highest BCUT2D eigenvalue weighted by atomic mass is 32.1. The SMILES string of the molecule is CC(C)c1ccc(C(=O)C(N)c2cccs2)cc1. The van der Waals surface area contributed by atoms with E-state index in [0.717, 1.165) is 4.88 Å². The van der Waals surface area contributed by atoms with Gasteiger partial charge in [-0.25, -0.2) is 0 Å². The van der Waals surface area contributed by atoms with Gasteiger partial charge in [-0.3, -0.25) is 4.79 Å². The maximum absolute atomic E-state index is 12.2. The molecule has 2 N–H and O–H groups in total. The van der Waals surface area contributed by atoms with Crippen molar-refractivity contribution >= 4 is 17.1 Å². The van der Waals surface area contributed by atoms with Gasteiger partial charge in [0.05, 0.1) is 0 Å². The second-order valence-corrected chi connectivity index (χ2v) is 5.61. The normalized spacial score (nSPS) is 12.7. The topological polar surface area (TPSA) is 43.1 Å². The minimum absolute atomic E-state index is 0.0206. The zero-order valence-corrected chi connectivity index (χ0v) is 11.4. The fraction of sp³-hybridized carbons (Fsp3) is 0.267. The summed E-state index contributed by atoms with van der Waals surface area (Å²) >= 11 is 1.52.